The van der Waals surface area contributed by atoms with E-state index in [0.717, 1.165) is 11.3 Å². The van der Waals surface area contributed by atoms with Gasteiger partial charge < -0.3 is 11.1 Å². The molecule has 142 valence electrons. The number of carbonyl (C=O) groups is 1. The molecular weight excluding hydrogens is 396 g/mol. The number of nitrogens with two attached hydrogens (primary N) is 1. The summed E-state index contributed by atoms with van der Waals surface area (Å²) in [5, 5.41) is 8.95. The van der Waals surface area contributed by atoms with Gasteiger partial charge in [-0.1, -0.05) is 54.2 Å². The molecule has 2 unspecified atom stereocenters. The number of anilines is 1. The first-order valence-corrected chi connectivity index (χ1v) is 9.95. The number of nitrogens with one attached hydrogen (secondary N) is 2. The summed E-state index contributed by atoms with van der Waals surface area (Å²) in [5.41, 5.74) is 7.96. The van der Waals surface area contributed by atoms with Gasteiger partial charge in [-0.3, -0.25) is 4.79 Å². The van der Waals surface area contributed by atoms with Gasteiger partial charge in [0.2, 0.25) is 22.7 Å². The van der Waals surface area contributed by atoms with Crippen molar-refractivity contribution in [1.29, 1.82) is 0 Å². The molecule has 0 saturated carbocycles. The summed E-state index contributed by atoms with van der Waals surface area (Å²) >= 11 is 7.69. The maximum atomic E-state index is 12.1. The van der Waals surface area contributed by atoms with E-state index in [9.17, 15) is 4.79 Å². The molecule has 3 heterocycles. The van der Waals surface area contributed by atoms with Crippen LogP contribution in [0.4, 0.5) is 5.95 Å². The van der Waals surface area contributed by atoms with Crippen molar-refractivity contribution in [2.75, 3.05) is 5.32 Å². The summed E-state index contributed by atoms with van der Waals surface area (Å²) in [6.07, 6.45) is 1.79. The molecule has 0 radical (unpaired) electrons. The Balaban J connectivity index is 1.68. The lowest BCUT2D eigenvalue weighted by molar-refractivity contribution is -0.394. The van der Waals surface area contributed by atoms with Crippen LogP contribution in [0.1, 0.15) is 17.3 Å². The molecule has 0 saturated heterocycles. The maximum absolute atomic E-state index is 12.1. The van der Waals surface area contributed by atoms with Gasteiger partial charge in [0.05, 0.1) is 0 Å². The number of thioether (sulfide) groups is 1. The minimum Gasteiger partial charge on any atom is -0.369 e. The molecule has 1 aliphatic rings. The quantitative estimate of drug-likeness (QED) is 0.626. The Morgan fingerprint density at radius 3 is 2.82 bits per heavy atom. The molecule has 1 aromatic carbocycles. The number of hydrogen-bond donors (Lipinski definition) is 2. The van der Waals surface area contributed by atoms with Crippen LogP contribution in [0.25, 0.3) is 0 Å². The molecule has 0 spiro atoms. The summed E-state index contributed by atoms with van der Waals surface area (Å²) in [5.74, 6) is 0.0118. The monoisotopic (exact) mass is 413 g/mol. The summed E-state index contributed by atoms with van der Waals surface area (Å²) in [6.45, 7) is 3.97. The third kappa shape index (κ3) is 3.48. The lowest BCUT2D eigenvalue weighted by Gasteiger charge is -2.29. The second-order valence-electron chi connectivity index (χ2n) is 6.34. The smallest absolute Gasteiger partial charge is 0.229 e. The largest absolute Gasteiger partial charge is 0.369 e. The number of aromatic nitrogens is 4. The molecule has 0 aliphatic carbocycles. The van der Waals surface area contributed by atoms with Crippen molar-refractivity contribution < 1.29 is 9.78 Å². The van der Waals surface area contributed by atoms with Crippen molar-refractivity contribution in [2.24, 2.45) is 11.7 Å². The number of hydrogen-bond acceptors (Lipinski definition) is 5. The standard InChI is InChI=1S/C19H17ClN6OS/c1-11-15(17(21)27)16(14-8-4-5-9-22-14)26-18(23-11)24-19(25-26)28-10-12-6-2-3-7-13(12)20/h2-9,15-16H,1,10H2,(H2,21,27)(H,23,24,25)/p+1. The maximum Gasteiger partial charge on any atom is 0.229 e. The molecule has 1 amide bonds. The van der Waals surface area contributed by atoms with E-state index in [1.165, 1.54) is 11.8 Å². The highest BCUT2D eigenvalue weighted by Gasteiger charge is 2.42. The van der Waals surface area contributed by atoms with Gasteiger partial charge >= 0.3 is 0 Å². The first kappa shape index (κ1) is 18.5. The van der Waals surface area contributed by atoms with Crippen molar-refractivity contribution >= 4 is 35.2 Å². The van der Waals surface area contributed by atoms with Crippen molar-refractivity contribution in [1.82, 2.24) is 14.8 Å². The molecule has 1 aliphatic heterocycles. The van der Waals surface area contributed by atoms with Crippen molar-refractivity contribution in [3.63, 3.8) is 0 Å². The highest BCUT2D eigenvalue weighted by atomic mass is 35.5. The van der Waals surface area contributed by atoms with Crippen LogP contribution in [0, 0.1) is 5.92 Å². The van der Waals surface area contributed by atoms with Gasteiger partial charge in [-0.05, 0) is 11.6 Å². The second kappa shape index (κ2) is 7.65. The third-order valence-electron chi connectivity index (χ3n) is 4.51. The van der Waals surface area contributed by atoms with E-state index in [2.05, 4.69) is 27.0 Å². The molecular formula is C19H18ClN6OS+. The first-order valence-electron chi connectivity index (χ1n) is 8.59. The van der Waals surface area contributed by atoms with Crippen LogP contribution in [-0.4, -0.2) is 20.7 Å². The van der Waals surface area contributed by atoms with Crippen LogP contribution in [0.2, 0.25) is 5.02 Å². The Bertz CT molecular complexity index is 1040. The fourth-order valence-electron chi connectivity index (χ4n) is 3.18. The number of primary amides is 1. The number of benzene rings is 1. The lowest BCUT2D eigenvalue weighted by Crippen LogP contribution is -2.42. The van der Waals surface area contributed by atoms with Gasteiger partial charge in [-0.25, -0.2) is 9.67 Å². The highest BCUT2D eigenvalue weighted by molar-refractivity contribution is 7.98. The minimum atomic E-state index is -0.658. The number of H-pyrrole nitrogens is 1. The Labute approximate surface area is 171 Å². The number of amides is 1. The summed E-state index contributed by atoms with van der Waals surface area (Å²) < 4.78 is 1.69. The zero-order chi connectivity index (χ0) is 19.7. The Hall–Kier alpha value is -2.84. The number of pyridine rings is 1. The van der Waals surface area contributed by atoms with Gasteiger partial charge in [0, 0.05) is 28.6 Å². The molecule has 9 heteroatoms. The molecule has 0 bridgehead atoms. The molecule has 28 heavy (non-hydrogen) atoms. The van der Waals surface area contributed by atoms with Crippen molar-refractivity contribution in [3.8, 4) is 0 Å². The van der Waals surface area contributed by atoms with E-state index < -0.39 is 17.9 Å². The zero-order valence-corrected chi connectivity index (χ0v) is 16.4. The predicted molar refractivity (Wildman–Crippen MR) is 108 cm³/mol. The van der Waals surface area contributed by atoms with Crippen LogP contribution in [0.5, 0.6) is 0 Å². The fraction of sp³-hybridized carbons (Fsp3) is 0.158. The van der Waals surface area contributed by atoms with Crippen molar-refractivity contribution in [3.05, 3.63) is 77.2 Å². The normalized spacial score (nSPS) is 18.4. The van der Waals surface area contributed by atoms with E-state index in [1.54, 1.807) is 10.9 Å². The predicted octanol–water partition coefficient (Wildman–Crippen LogP) is 2.67. The molecule has 2 atom stereocenters. The summed E-state index contributed by atoms with van der Waals surface area (Å²) in [6, 6.07) is 12.8. The topological polar surface area (TPSA) is 100.0 Å². The van der Waals surface area contributed by atoms with Gasteiger partial charge in [-0.15, -0.1) is 5.10 Å². The van der Waals surface area contributed by atoms with E-state index >= 15 is 0 Å². The van der Waals surface area contributed by atoms with Crippen LogP contribution >= 0.6 is 23.4 Å². The first-order chi connectivity index (χ1) is 13.5. The van der Waals surface area contributed by atoms with Gasteiger partial charge in [0.15, 0.2) is 12.2 Å². The zero-order valence-electron chi connectivity index (χ0n) is 14.8. The summed E-state index contributed by atoms with van der Waals surface area (Å²) in [4.78, 5) is 19.9. The van der Waals surface area contributed by atoms with Crippen LogP contribution < -0.4 is 16.0 Å². The number of nitrogens with zero attached hydrogens (tertiary/aromatic N) is 3. The van der Waals surface area contributed by atoms with Crippen LogP contribution in [-0.2, 0) is 10.5 Å². The highest BCUT2D eigenvalue weighted by Crippen LogP contribution is 2.37. The van der Waals surface area contributed by atoms with Gasteiger partial charge in [0.1, 0.15) is 5.92 Å². The number of carbonyl (C=O) groups excluding carboxylic acids is 1. The molecule has 4 N–H and O–H groups in total. The average Bonchev–Trinajstić information content (AvgIpc) is 3.09. The molecule has 0 fully saturated rings. The van der Waals surface area contributed by atoms with Crippen molar-refractivity contribution in [2.45, 2.75) is 17.0 Å². The molecule has 7 nitrogen and oxygen atoms in total. The Kier molecular flexibility index (Phi) is 5.06. The van der Waals surface area contributed by atoms with Crippen LogP contribution in [0.15, 0.2) is 66.1 Å². The number of rotatable bonds is 5. The van der Waals surface area contributed by atoms with Gasteiger partial charge in [0.25, 0.3) is 0 Å². The fourth-order valence-corrected chi connectivity index (χ4v) is 4.30. The van der Waals surface area contributed by atoms with E-state index in [0.29, 0.717) is 27.6 Å². The SMILES string of the molecule is C=C1Nc2nc(SCc3ccccc3Cl)nn2C(c2cccc[nH+]2)C1C(N)=O. The number of fused-ring (bicyclic) bond motifs is 1. The Morgan fingerprint density at radius 1 is 1.32 bits per heavy atom. The lowest BCUT2D eigenvalue weighted by atomic mass is 9.91. The van der Waals surface area contributed by atoms with Crippen LogP contribution in [0.3, 0.4) is 0 Å². The Morgan fingerprint density at radius 2 is 2.11 bits per heavy atom. The van der Waals surface area contributed by atoms with Gasteiger partial charge in [-0.2, -0.15) is 4.98 Å². The molecule has 3 aromatic rings. The number of halogens is 1. The van der Waals surface area contributed by atoms with E-state index in [1.807, 2.05) is 42.5 Å². The molecule has 2 aromatic heterocycles. The van der Waals surface area contributed by atoms with E-state index in [-0.39, 0.29) is 0 Å². The molecule has 4 rings (SSSR count). The minimum absolute atomic E-state index is 0.454. The van der Waals surface area contributed by atoms with E-state index in [4.69, 9.17) is 17.3 Å². The number of aromatic amines is 1. The second-order valence-corrected chi connectivity index (χ2v) is 7.69. The third-order valence-corrected chi connectivity index (χ3v) is 5.77. The summed E-state index contributed by atoms with van der Waals surface area (Å²) in [7, 11) is 0. The average molecular weight is 414 g/mol.